The van der Waals surface area contributed by atoms with E-state index in [1.165, 1.54) is 12.7 Å². The summed E-state index contributed by atoms with van der Waals surface area (Å²) in [5, 5.41) is 7.15. The van der Waals surface area contributed by atoms with Gasteiger partial charge in [-0.3, -0.25) is 9.69 Å². The Hall–Kier alpha value is -3.52. The van der Waals surface area contributed by atoms with E-state index in [1.54, 1.807) is 18.2 Å². The highest BCUT2D eigenvalue weighted by Crippen LogP contribution is 2.26. The largest absolute Gasteiger partial charge is 0.465 e. The lowest BCUT2D eigenvalue weighted by Gasteiger charge is -2.30. The lowest BCUT2D eigenvalue weighted by molar-refractivity contribution is -0.121. The number of carbonyl (C=O) groups excluding carboxylic acids is 2. The maximum absolute atomic E-state index is 12.9. The SMILES string of the molecule is COC(=O)c1cccc(NC(=O)C2CCN(Cc3nc(-c4ccc(C(C)(C)C)cc4)no3)CC2)c1C. The first kappa shape index (κ1) is 25.6. The predicted molar refractivity (Wildman–Crippen MR) is 138 cm³/mol. The highest BCUT2D eigenvalue weighted by molar-refractivity contribution is 5.97. The summed E-state index contributed by atoms with van der Waals surface area (Å²) in [4.78, 5) is 31.6. The van der Waals surface area contributed by atoms with Crippen LogP contribution in [-0.4, -0.2) is 47.1 Å². The smallest absolute Gasteiger partial charge is 0.338 e. The molecule has 190 valence electrons. The summed E-state index contributed by atoms with van der Waals surface area (Å²) in [5.74, 6) is 0.621. The number of nitrogens with zero attached hydrogens (tertiary/aromatic N) is 3. The molecule has 0 aliphatic carbocycles. The van der Waals surface area contributed by atoms with Gasteiger partial charge in [-0.1, -0.05) is 56.3 Å². The molecule has 1 aliphatic rings. The molecule has 1 saturated heterocycles. The first-order valence-corrected chi connectivity index (χ1v) is 12.3. The number of hydrogen-bond acceptors (Lipinski definition) is 7. The zero-order valence-corrected chi connectivity index (χ0v) is 21.6. The standard InChI is InChI=1S/C28H34N4O4/c1-18-22(27(34)35-5)7-6-8-23(18)29-26(33)20-13-15-32(16-14-20)17-24-30-25(31-36-24)19-9-11-21(12-10-19)28(2,3)4/h6-12,20H,13-17H2,1-5H3,(H,29,33). The fraction of sp³-hybridized carbons (Fsp3) is 0.429. The highest BCUT2D eigenvalue weighted by atomic mass is 16.5. The normalized spacial score (nSPS) is 15.0. The molecule has 1 aliphatic heterocycles. The number of anilines is 1. The molecule has 36 heavy (non-hydrogen) atoms. The summed E-state index contributed by atoms with van der Waals surface area (Å²) in [5.41, 5.74) is 4.08. The molecular weight excluding hydrogens is 456 g/mol. The van der Waals surface area contributed by atoms with Crippen LogP contribution in [0.15, 0.2) is 47.0 Å². The number of esters is 1. The van der Waals surface area contributed by atoms with Crippen LogP contribution in [0.5, 0.6) is 0 Å². The Morgan fingerprint density at radius 3 is 2.44 bits per heavy atom. The molecule has 0 spiro atoms. The minimum atomic E-state index is -0.414. The molecule has 1 fully saturated rings. The van der Waals surface area contributed by atoms with E-state index < -0.39 is 5.97 Å². The molecule has 0 saturated carbocycles. The summed E-state index contributed by atoms with van der Waals surface area (Å²) in [6, 6.07) is 13.5. The molecule has 0 unspecified atom stereocenters. The first-order valence-electron chi connectivity index (χ1n) is 12.3. The number of aromatic nitrogens is 2. The van der Waals surface area contributed by atoms with Gasteiger partial charge in [0, 0.05) is 17.2 Å². The van der Waals surface area contributed by atoms with Gasteiger partial charge in [-0.2, -0.15) is 4.98 Å². The maximum atomic E-state index is 12.9. The predicted octanol–water partition coefficient (Wildman–Crippen LogP) is 4.98. The van der Waals surface area contributed by atoms with Crippen LogP contribution in [0.4, 0.5) is 5.69 Å². The van der Waals surface area contributed by atoms with E-state index in [9.17, 15) is 9.59 Å². The number of likely N-dealkylation sites (tertiary alicyclic amines) is 1. The van der Waals surface area contributed by atoms with Gasteiger partial charge in [0.1, 0.15) is 0 Å². The molecule has 8 heteroatoms. The molecule has 2 heterocycles. The lowest BCUT2D eigenvalue weighted by Crippen LogP contribution is -2.38. The third-order valence-electron chi connectivity index (χ3n) is 6.79. The quantitative estimate of drug-likeness (QED) is 0.487. The van der Waals surface area contributed by atoms with E-state index in [1.807, 2.05) is 19.1 Å². The van der Waals surface area contributed by atoms with Crippen molar-refractivity contribution in [2.45, 2.75) is 52.5 Å². The minimum absolute atomic E-state index is 0.0291. The van der Waals surface area contributed by atoms with Crippen molar-refractivity contribution in [1.29, 1.82) is 0 Å². The van der Waals surface area contributed by atoms with Crippen molar-refractivity contribution in [3.05, 3.63) is 65.0 Å². The molecule has 1 amide bonds. The fourth-order valence-corrected chi connectivity index (χ4v) is 4.44. The molecule has 0 bridgehead atoms. The number of nitrogens with one attached hydrogen (secondary N) is 1. The fourth-order valence-electron chi connectivity index (χ4n) is 4.44. The monoisotopic (exact) mass is 490 g/mol. The van der Waals surface area contributed by atoms with E-state index in [2.05, 4.69) is 53.3 Å². The molecule has 3 aromatic rings. The Kier molecular flexibility index (Phi) is 7.54. The van der Waals surface area contributed by atoms with Crippen LogP contribution in [0.3, 0.4) is 0 Å². The van der Waals surface area contributed by atoms with Crippen molar-refractivity contribution >= 4 is 17.6 Å². The van der Waals surface area contributed by atoms with E-state index in [-0.39, 0.29) is 17.2 Å². The molecule has 4 rings (SSSR count). The van der Waals surface area contributed by atoms with Crippen molar-refractivity contribution in [3.63, 3.8) is 0 Å². The summed E-state index contributed by atoms with van der Waals surface area (Å²) in [6.07, 6.45) is 1.47. The Morgan fingerprint density at radius 1 is 1.11 bits per heavy atom. The van der Waals surface area contributed by atoms with Gasteiger partial charge >= 0.3 is 5.97 Å². The van der Waals surface area contributed by atoms with Crippen molar-refractivity contribution in [2.75, 3.05) is 25.5 Å². The number of carbonyl (C=O) groups is 2. The molecule has 1 aromatic heterocycles. The summed E-state index contributed by atoms with van der Waals surface area (Å²) >= 11 is 0. The van der Waals surface area contributed by atoms with E-state index in [4.69, 9.17) is 9.26 Å². The van der Waals surface area contributed by atoms with Crippen LogP contribution in [0.1, 0.15) is 61.0 Å². The van der Waals surface area contributed by atoms with Crippen LogP contribution in [-0.2, 0) is 21.5 Å². The number of amides is 1. The molecule has 1 N–H and O–H groups in total. The number of rotatable bonds is 6. The second kappa shape index (κ2) is 10.6. The van der Waals surface area contributed by atoms with E-state index in [0.29, 0.717) is 35.1 Å². The average molecular weight is 491 g/mol. The van der Waals surface area contributed by atoms with Crippen molar-refractivity contribution in [3.8, 4) is 11.4 Å². The number of hydrogen-bond donors (Lipinski definition) is 1. The van der Waals surface area contributed by atoms with Gasteiger partial charge in [-0.25, -0.2) is 4.79 Å². The number of piperidine rings is 1. The molecule has 0 radical (unpaired) electrons. The van der Waals surface area contributed by atoms with Crippen LogP contribution < -0.4 is 5.32 Å². The average Bonchev–Trinajstić information content (AvgIpc) is 3.33. The van der Waals surface area contributed by atoms with Crippen molar-refractivity contribution in [1.82, 2.24) is 15.0 Å². The Morgan fingerprint density at radius 2 is 1.81 bits per heavy atom. The topological polar surface area (TPSA) is 97.6 Å². The van der Waals surface area contributed by atoms with Gasteiger partial charge in [-0.05, 0) is 61.5 Å². The van der Waals surface area contributed by atoms with Crippen LogP contribution in [0, 0.1) is 12.8 Å². The Labute approximate surface area is 212 Å². The molecule has 2 aromatic carbocycles. The summed E-state index contributed by atoms with van der Waals surface area (Å²) in [6.45, 7) is 10.4. The van der Waals surface area contributed by atoms with Gasteiger partial charge in [-0.15, -0.1) is 0 Å². The van der Waals surface area contributed by atoms with Gasteiger partial charge < -0.3 is 14.6 Å². The van der Waals surface area contributed by atoms with Crippen LogP contribution >= 0.6 is 0 Å². The number of ether oxygens (including phenoxy) is 1. The van der Waals surface area contributed by atoms with Gasteiger partial charge in [0.05, 0.1) is 19.2 Å². The Balaban J connectivity index is 1.31. The molecule has 8 nitrogen and oxygen atoms in total. The number of benzene rings is 2. The minimum Gasteiger partial charge on any atom is -0.465 e. The van der Waals surface area contributed by atoms with Crippen molar-refractivity contribution in [2.24, 2.45) is 5.92 Å². The highest BCUT2D eigenvalue weighted by Gasteiger charge is 2.27. The van der Waals surface area contributed by atoms with Crippen LogP contribution in [0.2, 0.25) is 0 Å². The second-order valence-corrected chi connectivity index (χ2v) is 10.3. The Bertz CT molecular complexity index is 1220. The first-order chi connectivity index (χ1) is 17.2. The van der Waals surface area contributed by atoms with Gasteiger partial charge in [0.15, 0.2) is 0 Å². The van der Waals surface area contributed by atoms with Crippen LogP contribution in [0.25, 0.3) is 11.4 Å². The molecular formula is C28H34N4O4. The third kappa shape index (κ3) is 5.82. The van der Waals surface area contributed by atoms with Gasteiger partial charge in [0.2, 0.25) is 17.6 Å². The third-order valence-corrected chi connectivity index (χ3v) is 6.79. The van der Waals surface area contributed by atoms with Crippen molar-refractivity contribution < 1.29 is 18.8 Å². The zero-order valence-electron chi connectivity index (χ0n) is 21.6. The second-order valence-electron chi connectivity index (χ2n) is 10.3. The van der Waals surface area contributed by atoms with Gasteiger partial charge in [0.25, 0.3) is 0 Å². The zero-order chi connectivity index (χ0) is 25.9. The van der Waals surface area contributed by atoms with E-state index >= 15 is 0 Å². The van der Waals surface area contributed by atoms with E-state index in [0.717, 1.165) is 31.5 Å². The number of methoxy groups -OCH3 is 1. The maximum Gasteiger partial charge on any atom is 0.338 e. The molecule has 0 atom stereocenters. The summed E-state index contributed by atoms with van der Waals surface area (Å²) in [7, 11) is 1.35. The summed E-state index contributed by atoms with van der Waals surface area (Å²) < 4.78 is 10.3. The lowest BCUT2D eigenvalue weighted by atomic mass is 9.87.